The number of ether oxygens (including phenoxy) is 1. The van der Waals surface area contributed by atoms with Crippen molar-refractivity contribution in [3.05, 3.63) is 56.6 Å². The van der Waals surface area contributed by atoms with Crippen LogP contribution in [0.5, 0.6) is 5.75 Å². The summed E-state index contributed by atoms with van der Waals surface area (Å²) in [6.07, 6.45) is 0.0165. The zero-order valence-electron chi connectivity index (χ0n) is 14.2. The Hall–Kier alpha value is -2.13. The van der Waals surface area contributed by atoms with E-state index >= 15 is 0 Å². The highest BCUT2D eigenvalue weighted by Gasteiger charge is 2.10. The van der Waals surface area contributed by atoms with Crippen LogP contribution < -0.4 is 15.5 Å². The van der Waals surface area contributed by atoms with E-state index in [1.54, 1.807) is 37.3 Å². The molecule has 0 aromatic heterocycles. The molecule has 0 saturated carbocycles. The molecule has 2 N–H and O–H groups in total. The number of halogens is 2. The number of rotatable bonds is 6. The van der Waals surface area contributed by atoms with Crippen molar-refractivity contribution >= 4 is 57.4 Å². The van der Waals surface area contributed by atoms with Crippen LogP contribution in [0.4, 0.5) is 5.69 Å². The van der Waals surface area contributed by atoms with E-state index in [1.807, 2.05) is 12.1 Å². The van der Waals surface area contributed by atoms with E-state index in [4.69, 9.17) is 16.3 Å². The Labute approximate surface area is 170 Å². The van der Waals surface area contributed by atoms with Crippen molar-refractivity contribution in [3.63, 3.8) is 0 Å². The van der Waals surface area contributed by atoms with Gasteiger partial charge in [-0.25, -0.2) is 5.43 Å². The van der Waals surface area contributed by atoms with Gasteiger partial charge in [-0.15, -0.1) is 0 Å². The van der Waals surface area contributed by atoms with E-state index < -0.39 is 0 Å². The highest BCUT2D eigenvalue weighted by Crippen LogP contribution is 2.27. The monoisotopic (exact) mass is 485 g/mol. The molecule has 2 amide bonds. The van der Waals surface area contributed by atoms with E-state index in [0.717, 1.165) is 3.57 Å². The summed E-state index contributed by atoms with van der Waals surface area (Å²) in [5.74, 6) is -0.127. The maximum Gasteiger partial charge on any atom is 0.271 e. The average Bonchev–Trinajstić information content (AvgIpc) is 2.60. The number of methoxy groups -OCH3 is 1. The SMILES string of the molecule is COc1ccc(Cl)cc1NC(=O)CC(C)=NNC(=O)c1ccc(I)cc1. The Morgan fingerprint density at radius 3 is 2.54 bits per heavy atom. The predicted molar refractivity (Wildman–Crippen MR) is 111 cm³/mol. The topological polar surface area (TPSA) is 79.8 Å². The molecule has 0 aliphatic heterocycles. The Morgan fingerprint density at radius 1 is 1.19 bits per heavy atom. The third-order valence-corrected chi connectivity index (χ3v) is 4.26. The van der Waals surface area contributed by atoms with E-state index in [2.05, 4.69) is 38.4 Å². The van der Waals surface area contributed by atoms with E-state index in [-0.39, 0.29) is 18.2 Å². The lowest BCUT2D eigenvalue weighted by Crippen LogP contribution is -2.21. The number of carbonyl (C=O) groups excluding carboxylic acids is 2. The molecule has 0 saturated heterocycles. The van der Waals surface area contributed by atoms with Gasteiger partial charge in [0.15, 0.2) is 0 Å². The summed E-state index contributed by atoms with van der Waals surface area (Å²) in [4.78, 5) is 24.2. The van der Waals surface area contributed by atoms with Crippen molar-refractivity contribution < 1.29 is 14.3 Å². The summed E-state index contributed by atoms with van der Waals surface area (Å²) >= 11 is 8.10. The lowest BCUT2D eigenvalue weighted by atomic mass is 10.2. The number of nitrogens with one attached hydrogen (secondary N) is 2. The number of hydrazone groups is 1. The molecule has 0 fully saturated rings. The summed E-state index contributed by atoms with van der Waals surface area (Å²) in [5.41, 5.74) is 3.87. The highest BCUT2D eigenvalue weighted by atomic mass is 127. The van der Waals surface area contributed by atoms with Gasteiger partial charge in [0.05, 0.1) is 19.2 Å². The van der Waals surface area contributed by atoms with Gasteiger partial charge in [0.2, 0.25) is 5.91 Å². The molecule has 0 atom stereocenters. The molecule has 2 rings (SSSR count). The maximum atomic E-state index is 12.2. The Kier molecular flexibility index (Phi) is 7.40. The Morgan fingerprint density at radius 2 is 1.88 bits per heavy atom. The van der Waals surface area contributed by atoms with Crippen LogP contribution in [0.3, 0.4) is 0 Å². The first-order valence-corrected chi connectivity index (χ1v) is 9.07. The standard InChI is InChI=1S/C18H17ClIN3O3/c1-11(22-23-18(25)12-3-6-14(20)7-4-12)9-17(24)21-15-10-13(19)5-8-16(15)26-2/h3-8,10H,9H2,1-2H3,(H,21,24)(H,23,25). The molecule has 0 spiro atoms. The van der Waals surface area contributed by atoms with Gasteiger partial charge in [0.25, 0.3) is 5.91 Å². The van der Waals surface area contributed by atoms with Crippen LogP contribution >= 0.6 is 34.2 Å². The van der Waals surface area contributed by atoms with Crippen LogP contribution in [0.25, 0.3) is 0 Å². The average molecular weight is 486 g/mol. The quantitative estimate of drug-likeness (QED) is 0.367. The zero-order chi connectivity index (χ0) is 19.1. The molecular formula is C18H17ClIN3O3. The second kappa shape index (κ2) is 9.54. The molecule has 8 heteroatoms. The normalized spacial score (nSPS) is 11.0. The number of hydrogen-bond acceptors (Lipinski definition) is 4. The Bertz CT molecular complexity index is 838. The third-order valence-electron chi connectivity index (χ3n) is 3.31. The van der Waals surface area contributed by atoms with Gasteiger partial charge in [-0.1, -0.05) is 11.6 Å². The lowest BCUT2D eigenvalue weighted by Gasteiger charge is -2.10. The summed E-state index contributed by atoms with van der Waals surface area (Å²) in [6, 6.07) is 12.0. The van der Waals surface area contributed by atoms with Gasteiger partial charge in [-0.3, -0.25) is 9.59 Å². The molecule has 2 aromatic carbocycles. The van der Waals surface area contributed by atoms with Crippen LogP contribution in [0, 0.1) is 3.57 Å². The van der Waals surface area contributed by atoms with Gasteiger partial charge in [-0.2, -0.15) is 5.10 Å². The van der Waals surface area contributed by atoms with Crippen molar-refractivity contribution in [2.75, 3.05) is 12.4 Å². The summed E-state index contributed by atoms with van der Waals surface area (Å²) < 4.78 is 6.22. The second-order valence-electron chi connectivity index (χ2n) is 5.36. The van der Waals surface area contributed by atoms with Gasteiger partial charge >= 0.3 is 0 Å². The molecule has 2 aromatic rings. The van der Waals surface area contributed by atoms with Crippen LogP contribution in [-0.2, 0) is 4.79 Å². The maximum absolute atomic E-state index is 12.2. The molecule has 136 valence electrons. The highest BCUT2D eigenvalue weighted by molar-refractivity contribution is 14.1. The minimum atomic E-state index is -0.335. The van der Waals surface area contributed by atoms with Crippen molar-refractivity contribution in [2.24, 2.45) is 5.10 Å². The van der Waals surface area contributed by atoms with Crippen molar-refractivity contribution in [3.8, 4) is 5.75 Å². The number of benzene rings is 2. The predicted octanol–water partition coefficient (Wildman–Crippen LogP) is 4.09. The lowest BCUT2D eigenvalue weighted by molar-refractivity contribution is -0.115. The molecule has 0 aliphatic carbocycles. The molecule has 0 bridgehead atoms. The largest absolute Gasteiger partial charge is 0.495 e. The minimum absolute atomic E-state index is 0.0165. The minimum Gasteiger partial charge on any atom is -0.495 e. The van der Waals surface area contributed by atoms with E-state index in [1.165, 1.54) is 7.11 Å². The van der Waals surface area contributed by atoms with Gasteiger partial charge in [0, 0.05) is 19.9 Å². The molecule has 0 aliphatic rings. The first kappa shape index (κ1) is 20.2. The van der Waals surface area contributed by atoms with Gasteiger partial charge in [-0.05, 0) is 72.0 Å². The van der Waals surface area contributed by atoms with Crippen molar-refractivity contribution in [1.29, 1.82) is 0 Å². The number of hydrogen-bond donors (Lipinski definition) is 2. The fourth-order valence-corrected chi connectivity index (χ4v) is 2.59. The van der Waals surface area contributed by atoms with Crippen LogP contribution in [0.2, 0.25) is 5.02 Å². The van der Waals surface area contributed by atoms with Crippen molar-refractivity contribution in [1.82, 2.24) is 5.43 Å². The number of nitrogens with zero attached hydrogens (tertiary/aromatic N) is 1. The van der Waals surface area contributed by atoms with E-state index in [9.17, 15) is 9.59 Å². The molecular weight excluding hydrogens is 469 g/mol. The molecule has 0 unspecified atom stereocenters. The smallest absolute Gasteiger partial charge is 0.271 e. The first-order chi connectivity index (χ1) is 12.4. The van der Waals surface area contributed by atoms with Gasteiger partial charge < -0.3 is 10.1 Å². The first-order valence-electron chi connectivity index (χ1n) is 7.61. The number of amides is 2. The van der Waals surface area contributed by atoms with Crippen molar-refractivity contribution in [2.45, 2.75) is 13.3 Å². The van der Waals surface area contributed by atoms with Gasteiger partial charge in [0.1, 0.15) is 5.75 Å². The third kappa shape index (κ3) is 5.99. The summed E-state index contributed by atoms with van der Waals surface area (Å²) in [5, 5.41) is 7.16. The molecule has 0 radical (unpaired) electrons. The Balaban J connectivity index is 1.94. The van der Waals surface area contributed by atoms with Crippen LogP contribution in [0.1, 0.15) is 23.7 Å². The van der Waals surface area contributed by atoms with E-state index in [0.29, 0.717) is 27.7 Å². The molecule has 0 heterocycles. The zero-order valence-corrected chi connectivity index (χ0v) is 17.1. The van der Waals surface area contributed by atoms with Crippen LogP contribution in [-0.4, -0.2) is 24.6 Å². The molecule has 6 nitrogen and oxygen atoms in total. The fraction of sp³-hybridized carbons (Fsp3) is 0.167. The second-order valence-corrected chi connectivity index (χ2v) is 7.05. The number of anilines is 1. The number of carbonyl (C=O) groups is 2. The summed E-state index contributed by atoms with van der Waals surface area (Å²) in [7, 11) is 1.51. The summed E-state index contributed by atoms with van der Waals surface area (Å²) in [6.45, 7) is 1.66. The van der Waals surface area contributed by atoms with Crippen LogP contribution in [0.15, 0.2) is 47.6 Å². The molecule has 26 heavy (non-hydrogen) atoms. The fourth-order valence-electron chi connectivity index (χ4n) is 2.06.